The van der Waals surface area contributed by atoms with Gasteiger partial charge in [-0.1, -0.05) is 12.1 Å². The molecular formula is C12H13N3OS. The normalized spacial score (nSPS) is 14.6. The fourth-order valence-corrected chi connectivity index (χ4v) is 2.21. The first kappa shape index (κ1) is 10.5. The van der Waals surface area contributed by atoms with E-state index >= 15 is 0 Å². The molecule has 17 heavy (non-hydrogen) atoms. The van der Waals surface area contributed by atoms with Crippen molar-refractivity contribution in [2.45, 2.75) is 18.9 Å². The topological polar surface area (TPSA) is 47.0 Å². The zero-order chi connectivity index (χ0) is 11.7. The molecule has 5 heteroatoms. The molecule has 1 N–H and O–H groups in total. The fourth-order valence-electron chi connectivity index (χ4n) is 1.64. The first-order valence-electron chi connectivity index (χ1n) is 5.64. The van der Waals surface area contributed by atoms with Crippen molar-refractivity contribution in [3.8, 4) is 17.0 Å². The number of hydrogen-bond acceptors (Lipinski definition) is 5. The fraction of sp³-hybridized carbons (Fsp3) is 0.333. The van der Waals surface area contributed by atoms with Crippen molar-refractivity contribution in [1.82, 2.24) is 8.75 Å². The largest absolute Gasteiger partial charge is 0.490 e. The first-order valence-corrected chi connectivity index (χ1v) is 6.37. The van der Waals surface area contributed by atoms with Gasteiger partial charge in [0.15, 0.2) is 5.82 Å². The van der Waals surface area contributed by atoms with Gasteiger partial charge in [0.25, 0.3) is 0 Å². The third kappa shape index (κ3) is 2.24. The first-order chi connectivity index (χ1) is 8.36. The molecule has 3 rings (SSSR count). The number of hydrogen-bond donors (Lipinski definition) is 1. The molecule has 4 nitrogen and oxygen atoms in total. The highest BCUT2D eigenvalue weighted by Crippen LogP contribution is 2.31. The molecule has 0 spiro atoms. The van der Waals surface area contributed by atoms with Crippen molar-refractivity contribution in [1.29, 1.82) is 0 Å². The van der Waals surface area contributed by atoms with Gasteiger partial charge in [0.1, 0.15) is 11.4 Å². The van der Waals surface area contributed by atoms with Crippen LogP contribution in [0.5, 0.6) is 5.75 Å². The van der Waals surface area contributed by atoms with Gasteiger partial charge >= 0.3 is 0 Å². The van der Waals surface area contributed by atoms with Gasteiger partial charge < -0.3 is 10.1 Å². The maximum absolute atomic E-state index is 5.77. The predicted octanol–water partition coefficient (Wildman–Crippen LogP) is 2.79. The van der Waals surface area contributed by atoms with Crippen LogP contribution in [0.4, 0.5) is 5.82 Å². The van der Waals surface area contributed by atoms with Crippen LogP contribution >= 0.6 is 11.7 Å². The second kappa shape index (κ2) is 4.33. The Morgan fingerprint density at radius 3 is 3.00 bits per heavy atom. The molecule has 0 saturated heterocycles. The van der Waals surface area contributed by atoms with E-state index in [0.717, 1.165) is 22.8 Å². The van der Waals surface area contributed by atoms with Crippen molar-refractivity contribution in [2.75, 3.05) is 12.4 Å². The van der Waals surface area contributed by atoms with Crippen LogP contribution in [0, 0.1) is 0 Å². The average molecular weight is 247 g/mol. The minimum atomic E-state index is 0.419. The molecule has 0 bridgehead atoms. The van der Waals surface area contributed by atoms with Crippen LogP contribution in [0.25, 0.3) is 11.3 Å². The number of rotatable bonds is 4. The highest BCUT2D eigenvalue weighted by Gasteiger charge is 2.23. The molecule has 88 valence electrons. The molecule has 1 aliphatic rings. The number of aromatic nitrogens is 2. The Labute approximate surface area is 104 Å². The van der Waals surface area contributed by atoms with Crippen molar-refractivity contribution >= 4 is 17.5 Å². The van der Waals surface area contributed by atoms with E-state index in [0.29, 0.717) is 6.10 Å². The summed E-state index contributed by atoms with van der Waals surface area (Å²) in [4.78, 5) is 0. The van der Waals surface area contributed by atoms with Crippen molar-refractivity contribution < 1.29 is 4.74 Å². The Balaban J connectivity index is 1.91. The molecule has 1 aliphatic carbocycles. The Morgan fingerprint density at radius 1 is 1.35 bits per heavy atom. The van der Waals surface area contributed by atoms with Gasteiger partial charge in [-0.05, 0) is 25.0 Å². The predicted molar refractivity (Wildman–Crippen MR) is 68.5 cm³/mol. The van der Waals surface area contributed by atoms with Gasteiger partial charge in [-0.2, -0.15) is 8.75 Å². The molecule has 0 radical (unpaired) electrons. The van der Waals surface area contributed by atoms with E-state index in [-0.39, 0.29) is 0 Å². The number of anilines is 1. The van der Waals surface area contributed by atoms with Gasteiger partial charge in [-0.3, -0.25) is 0 Å². The van der Waals surface area contributed by atoms with E-state index in [1.54, 1.807) is 0 Å². The maximum atomic E-state index is 5.77. The smallest absolute Gasteiger partial charge is 0.167 e. The van der Waals surface area contributed by atoms with E-state index in [1.165, 1.54) is 24.6 Å². The van der Waals surface area contributed by atoms with Crippen molar-refractivity contribution in [2.24, 2.45) is 0 Å². The van der Waals surface area contributed by atoms with E-state index in [2.05, 4.69) is 14.1 Å². The Kier molecular flexibility index (Phi) is 2.68. The Hall–Kier alpha value is -1.62. The zero-order valence-corrected chi connectivity index (χ0v) is 10.3. The molecule has 0 unspecified atom stereocenters. The summed E-state index contributed by atoms with van der Waals surface area (Å²) < 4.78 is 14.3. The molecule has 1 aromatic carbocycles. The minimum absolute atomic E-state index is 0.419. The monoisotopic (exact) mass is 247 g/mol. The van der Waals surface area contributed by atoms with Crippen LogP contribution in [0.3, 0.4) is 0 Å². The molecule has 1 heterocycles. The quantitative estimate of drug-likeness (QED) is 0.902. The summed E-state index contributed by atoms with van der Waals surface area (Å²) in [6.07, 6.45) is 2.76. The van der Waals surface area contributed by atoms with Gasteiger partial charge in [-0.15, -0.1) is 0 Å². The summed E-state index contributed by atoms with van der Waals surface area (Å²) in [6, 6.07) is 8.03. The molecule has 1 saturated carbocycles. The van der Waals surface area contributed by atoms with Crippen LogP contribution in [-0.2, 0) is 0 Å². The summed E-state index contributed by atoms with van der Waals surface area (Å²) in [5, 5.41) is 3.04. The number of benzene rings is 1. The summed E-state index contributed by atoms with van der Waals surface area (Å²) >= 11 is 1.21. The van der Waals surface area contributed by atoms with Crippen LogP contribution in [-0.4, -0.2) is 21.9 Å². The lowest BCUT2D eigenvalue weighted by molar-refractivity contribution is 0.303. The summed E-state index contributed by atoms with van der Waals surface area (Å²) in [5.74, 6) is 1.73. The maximum Gasteiger partial charge on any atom is 0.167 e. The molecule has 2 aromatic rings. The number of nitrogens with zero attached hydrogens (tertiary/aromatic N) is 2. The Morgan fingerprint density at radius 2 is 2.24 bits per heavy atom. The summed E-state index contributed by atoms with van der Waals surface area (Å²) in [7, 11) is 1.85. The molecule has 1 fully saturated rings. The lowest BCUT2D eigenvalue weighted by Gasteiger charge is -2.06. The standard InChI is InChI=1S/C12H13N3OS/c1-13-12-11(14-17-15-12)8-3-2-4-10(7-8)16-9-5-6-9/h2-4,7,9H,5-6H2,1H3,(H,13,15). The molecule has 0 aliphatic heterocycles. The molecule has 0 atom stereocenters. The van der Waals surface area contributed by atoms with E-state index in [1.807, 2.05) is 31.3 Å². The van der Waals surface area contributed by atoms with Crippen molar-refractivity contribution in [3.63, 3.8) is 0 Å². The van der Waals surface area contributed by atoms with Crippen LogP contribution in [0.2, 0.25) is 0 Å². The Bertz CT molecular complexity index is 522. The lowest BCUT2D eigenvalue weighted by atomic mass is 10.1. The second-order valence-corrected chi connectivity index (χ2v) is 4.58. The van der Waals surface area contributed by atoms with Gasteiger partial charge in [0, 0.05) is 12.6 Å². The van der Waals surface area contributed by atoms with Crippen LogP contribution < -0.4 is 10.1 Å². The molecule has 1 aromatic heterocycles. The molecule has 0 amide bonds. The van der Waals surface area contributed by atoms with Crippen LogP contribution in [0.15, 0.2) is 24.3 Å². The number of ether oxygens (including phenoxy) is 1. The summed E-state index contributed by atoms with van der Waals surface area (Å²) in [5.41, 5.74) is 1.93. The van der Waals surface area contributed by atoms with E-state index in [9.17, 15) is 0 Å². The minimum Gasteiger partial charge on any atom is -0.490 e. The lowest BCUT2D eigenvalue weighted by Crippen LogP contribution is -1.96. The number of nitrogens with one attached hydrogen (secondary N) is 1. The van der Waals surface area contributed by atoms with Gasteiger partial charge in [0.05, 0.1) is 17.8 Å². The third-order valence-electron chi connectivity index (χ3n) is 2.66. The van der Waals surface area contributed by atoms with Crippen LogP contribution in [0.1, 0.15) is 12.8 Å². The third-order valence-corrected chi connectivity index (χ3v) is 3.19. The zero-order valence-electron chi connectivity index (χ0n) is 9.51. The van der Waals surface area contributed by atoms with E-state index in [4.69, 9.17) is 4.74 Å². The highest BCUT2D eigenvalue weighted by atomic mass is 32.1. The summed E-state index contributed by atoms with van der Waals surface area (Å²) in [6.45, 7) is 0. The van der Waals surface area contributed by atoms with Crippen molar-refractivity contribution in [3.05, 3.63) is 24.3 Å². The second-order valence-electron chi connectivity index (χ2n) is 4.06. The highest BCUT2D eigenvalue weighted by molar-refractivity contribution is 6.99. The molecular weight excluding hydrogens is 234 g/mol. The SMILES string of the molecule is CNc1nsnc1-c1cccc(OC2CC2)c1. The van der Waals surface area contributed by atoms with Gasteiger partial charge in [0.2, 0.25) is 0 Å². The average Bonchev–Trinajstić information content (AvgIpc) is 3.04. The van der Waals surface area contributed by atoms with E-state index < -0.39 is 0 Å². The van der Waals surface area contributed by atoms with Gasteiger partial charge in [-0.25, -0.2) is 0 Å².